The second kappa shape index (κ2) is 6.42. The fourth-order valence-corrected chi connectivity index (χ4v) is 2.55. The van der Waals surface area contributed by atoms with E-state index in [9.17, 15) is 4.79 Å². The Kier molecular flexibility index (Phi) is 4.36. The van der Waals surface area contributed by atoms with Crippen LogP contribution in [0.25, 0.3) is 22.5 Å². The van der Waals surface area contributed by atoms with Crippen LogP contribution in [-0.4, -0.2) is 11.3 Å². The van der Waals surface area contributed by atoms with Crippen molar-refractivity contribution in [2.24, 2.45) is 0 Å². The zero-order valence-corrected chi connectivity index (χ0v) is 13.8. The Morgan fingerprint density at radius 3 is 1.86 bits per heavy atom. The number of aldehydes is 1. The van der Waals surface area contributed by atoms with Gasteiger partial charge in [0.05, 0.1) is 11.4 Å². The highest BCUT2D eigenvalue weighted by Gasteiger charge is 2.07. The standard InChI is InChI=1S/C18H11BrClNO/c19-15-5-1-13(2-6-15)17-9-12(11-22)10-18(21-17)14-3-7-16(20)8-4-14/h1-11H. The van der Waals surface area contributed by atoms with Crippen molar-refractivity contribution in [3.8, 4) is 22.5 Å². The van der Waals surface area contributed by atoms with E-state index < -0.39 is 0 Å². The number of halogens is 2. The minimum absolute atomic E-state index is 0.595. The zero-order valence-electron chi connectivity index (χ0n) is 11.5. The first-order valence-electron chi connectivity index (χ1n) is 6.65. The average Bonchev–Trinajstić information content (AvgIpc) is 2.55. The Morgan fingerprint density at radius 1 is 0.864 bits per heavy atom. The Morgan fingerprint density at radius 2 is 1.36 bits per heavy atom. The second-order valence-electron chi connectivity index (χ2n) is 4.80. The van der Waals surface area contributed by atoms with Crippen LogP contribution in [0.4, 0.5) is 0 Å². The molecule has 108 valence electrons. The minimum atomic E-state index is 0.595. The molecule has 4 heteroatoms. The summed E-state index contributed by atoms with van der Waals surface area (Å²) in [5.74, 6) is 0. The molecule has 0 spiro atoms. The van der Waals surface area contributed by atoms with Crippen LogP contribution < -0.4 is 0 Å². The third-order valence-electron chi connectivity index (χ3n) is 3.26. The highest BCUT2D eigenvalue weighted by atomic mass is 79.9. The van der Waals surface area contributed by atoms with Crippen LogP contribution in [0.15, 0.2) is 65.1 Å². The van der Waals surface area contributed by atoms with Crippen LogP contribution in [0.2, 0.25) is 5.02 Å². The van der Waals surface area contributed by atoms with Crippen LogP contribution in [0, 0.1) is 0 Å². The molecule has 0 amide bonds. The van der Waals surface area contributed by atoms with Gasteiger partial charge in [-0.05, 0) is 36.4 Å². The fraction of sp³-hybridized carbons (Fsp3) is 0. The highest BCUT2D eigenvalue weighted by Crippen LogP contribution is 2.26. The maximum atomic E-state index is 11.2. The zero-order chi connectivity index (χ0) is 15.5. The average molecular weight is 373 g/mol. The van der Waals surface area contributed by atoms with Crippen molar-refractivity contribution >= 4 is 33.8 Å². The van der Waals surface area contributed by atoms with E-state index in [0.717, 1.165) is 33.3 Å². The second-order valence-corrected chi connectivity index (χ2v) is 6.15. The molecule has 0 atom stereocenters. The van der Waals surface area contributed by atoms with Gasteiger partial charge in [-0.25, -0.2) is 4.98 Å². The van der Waals surface area contributed by atoms with Crippen molar-refractivity contribution in [1.29, 1.82) is 0 Å². The Hall–Kier alpha value is -1.97. The summed E-state index contributed by atoms with van der Waals surface area (Å²) in [6.45, 7) is 0. The molecule has 0 saturated carbocycles. The molecule has 3 aromatic rings. The predicted molar refractivity (Wildman–Crippen MR) is 93.2 cm³/mol. The van der Waals surface area contributed by atoms with Gasteiger partial charge >= 0.3 is 0 Å². The van der Waals surface area contributed by atoms with Gasteiger partial charge in [-0.2, -0.15) is 0 Å². The van der Waals surface area contributed by atoms with Crippen molar-refractivity contribution < 1.29 is 4.79 Å². The molecule has 3 rings (SSSR count). The van der Waals surface area contributed by atoms with Gasteiger partial charge in [-0.1, -0.05) is 51.8 Å². The van der Waals surface area contributed by atoms with Crippen LogP contribution in [0.5, 0.6) is 0 Å². The molecule has 1 heterocycles. The van der Waals surface area contributed by atoms with E-state index in [-0.39, 0.29) is 0 Å². The van der Waals surface area contributed by atoms with Gasteiger partial charge in [0, 0.05) is 26.2 Å². The molecule has 2 nitrogen and oxygen atoms in total. The lowest BCUT2D eigenvalue weighted by Crippen LogP contribution is -1.92. The summed E-state index contributed by atoms with van der Waals surface area (Å²) in [5.41, 5.74) is 3.99. The van der Waals surface area contributed by atoms with Gasteiger partial charge in [0.15, 0.2) is 0 Å². The number of carbonyl (C=O) groups excluding carboxylic acids is 1. The number of carbonyl (C=O) groups is 1. The number of nitrogens with zero attached hydrogens (tertiary/aromatic N) is 1. The minimum Gasteiger partial charge on any atom is -0.298 e. The number of pyridine rings is 1. The van der Waals surface area contributed by atoms with Crippen LogP contribution in [0.3, 0.4) is 0 Å². The summed E-state index contributed by atoms with van der Waals surface area (Å²) in [7, 11) is 0. The van der Waals surface area contributed by atoms with E-state index in [0.29, 0.717) is 10.6 Å². The highest BCUT2D eigenvalue weighted by molar-refractivity contribution is 9.10. The first-order chi connectivity index (χ1) is 10.7. The molecule has 0 saturated heterocycles. The maximum Gasteiger partial charge on any atom is 0.150 e. The first-order valence-corrected chi connectivity index (χ1v) is 7.82. The first kappa shape index (κ1) is 14.9. The van der Waals surface area contributed by atoms with Gasteiger partial charge in [0.25, 0.3) is 0 Å². The molecule has 0 aliphatic heterocycles. The van der Waals surface area contributed by atoms with E-state index in [1.165, 1.54) is 0 Å². The lowest BCUT2D eigenvalue weighted by molar-refractivity contribution is 0.112. The molecular formula is C18H11BrClNO. The molecule has 0 fully saturated rings. The van der Waals surface area contributed by atoms with Crippen molar-refractivity contribution in [2.75, 3.05) is 0 Å². The predicted octanol–water partition coefficient (Wildman–Crippen LogP) is 5.64. The van der Waals surface area contributed by atoms with E-state index in [1.807, 2.05) is 48.5 Å². The number of aromatic nitrogens is 1. The van der Waals surface area contributed by atoms with Crippen LogP contribution >= 0.6 is 27.5 Å². The Labute approximate surface area is 141 Å². The Balaban J connectivity index is 2.12. The number of rotatable bonds is 3. The molecule has 22 heavy (non-hydrogen) atoms. The number of benzene rings is 2. The molecule has 0 N–H and O–H groups in total. The summed E-state index contributed by atoms with van der Waals surface area (Å²) in [6, 6.07) is 18.8. The van der Waals surface area contributed by atoms with Crippen molar-refractivity contribution in [2.45, 2.75) is 0 Å². The lowest BCUT2D eigenvalue weighted by Gasteiger charge is -2.07. The van der Waals surface area contributed by atoms with E-state index in [4.69, 9.17) is 11.6 Å². The molecule has 0 aliphatic carbocycles. The molecule has 0 radical (unpaired) electrons. The van der Waals surface area contributed by atoms with Crippen LogP contribution in [-0.2, 0) is 0 Å². The van der Waals surface area contributed by atoms with Gasteiger partial charge in [0.2, 0.25) is 0 Å². The van der Waals surface area contributed by atoms with Gasteiger partial charge in [-0.15, -0.1) is 0 Å². The molecule has 0 unspecified atom stereocenters. The van der Waals surface area contributed by atoms with Gasteiger partial charge in [-0.3, -0.25) is 4.79 Å². The number of hydrogen-bond donors (Lipinski definition) is 0. The van der Waals surface area contributed by atoms with E-state index >= 15 is 0 Å². The van der Waals surface area contributed by atoms with Crippen LogP contribution in [0.1, 0.15) is 10.4 Å². The molecule has 2 aromatic carbocycles. The fourth-order valence-electron chi connectivity index (χ4n) is 2.16. The SMILES string of the molecule is O=Cc1cc(-c2ccc(Cl)cc2)nc(-c2ccc(Br)cc2)c1. The molecule has 0 aliphatic rings. The summed E-state index contributed by atoms with van der Waals surface area (Å²) in [5, 5.41) is 0.670. The molecular weight excluding hydrogens is 362 g/mol. The normalized spacial score (nSPS) is 10.5. The Bertz CT molecular complexity index is 750. The van der Waals surface area contributed by atoms with Crippen molar-refractivity contribution in [1.82, 2.24) is 4.98 Å². The van der Waals surface area contributed by atoms with Gasteiger partial charge in [0.1, 0.15) is 6.29 Å². The lowest BCUT2D eigenvalue weighted by atomic mass is 10.1. The quantitative estimate of drug-likeness (QED) is 0.557. The summed E-state index contributed by atoms with van der Waals surface area (Å²) in [6.07, 6.45) is 0.837. The summed E-state index contributed by atoms with van der Waals surface area (Å²) >= 11 is 9.33. The summed E-state index contributed by atoms with van der Waals surface area (Å²) < 4.78 is 1.00. The van der Waals surface area contributed by atoms with E-state index in [2.05, 4.69) is 20.9 Å². The van der Waals surface area contributed by atoms with Crippen molar-refractivity contribution in [3.63, 3.8) is 0 Å². The third kappa shape index (κ3) is 3.26. The smallest absolute Gasteiger partial charge is 0.150 e. The number of hydrogen-bond acceptors (Lipinski definition) is 2. The third-order valence-corrected chi connectivity index (χ3v) is 4.04. The summed E-state index contributed by atoms with van der Waals surface area (Å²) in [4.78, 5) is 15.9. The van der Waals surface area contributed by atoms with Gasteiger partial charge < -0.3 is 0 Å². The largest absolute Gasteiger partial charge is 0.298 e. The molecule has 1 aromatic heterocycles. The van der Waals surface area contributed by atoms with Crippen molar-refractivity contribution in [3.05, 3.63) is 75.7 Å². The topological polar surface area (TPSA) is 30.0 Å². The van der Waals surface area contributed by atoms with E-state index in [1.54, 1.807) is 12.1 Å². The molecule has 0 bridgehead atoms. The monoisotopic (exact) mass is 371 g/mol. The maximum absolute atomic E-state index is 11.2.